The number of anilines is 1. The fraction of sp³-hybridized carbons (Fsp3) is 0.0526. The van der Waals surface area contributed by atoms with Gasteiger partial charge in [0.1, 0.15) is 17.4 Å². The van der Waals surface area contributed by atoms with Crippen LogP contribution >= 0.6 is 11.8 Å². The van der Waals surface area contributed by atoms with Crippen molar-refractivity contribution in [1.29, 1.82) is 5.26 Å². The summed E-state index contributed by atoms with van der Waals surface area (Å²) in [5.41, 5.74) is 0.274. The molecule has 27 heavy (non-hydrogen) atoms. The van der Waals surface area contributed by atoms with Gasteiger partial charge in [0, 0.05) is 5.56 Å². The molecule has 1 amide bonds. The first-order valence-corrected chi connectivity index (χ1v) is 8.84. The maximum atomic E-state index is 13.6. The summed E-state index contributed by atoms with van der Waals surface area (Å²) in [6, 6.07) is 16.5. The molecule has 0 unspecified atom stereocenters. The molecule has 3 aromatic rings. The predicted molar refractivity (Wildman–Crippen MR) is 101 cm³/mol. The number of thioether (sulfide) groups is 1. The van der Waals surface area contributed by atoms with Crippen molar-refractivity contribution < 1.29 is 9.18 Å². The van der Waals surface area contributed by atoms with Crippen LogP contribution in [0.3, 0.4) is 0 Å². The first-order chi connectivity index (χ1) is 13.1. The standard InChI is InChI=1S/C19H13FN4O2S/c20-14-8-4-5-9-15(14)22-16(25)11-27-19-23-17(12-6-2-1-3-7-12)13(10-21)18(26)24-19/h1-9H,11H2,(H,22,25)(H,23,24,26). The Labute approximate surface area is 158 Å². The van der Waals surface area contributed by atoms with Crippen molar-refractivity contribution in [2.45, 2.75) is 5.16 Å². The number of nitriles is 1. The molecule has 134 valence electrons. The third-order valence-corrected chi connectivity index (χ3v) is 4.42. The van der Waals surface area contributed by atoms with E-state index in [0.717, 1.165) is 11.8 Å². The monoisotopic (exact) mass is 380 g/mol. The second-order valence-corrected chi connectivity index (χ2v) is 6.35. The van der Waals surface area contributed by atoms with Gasteiger partial charge in [0.15, 0.2) is 5.16 Å². The van der Waals surface area contributed by atoms with Crippen LogP contribution in [0.5, 0.6) is 0 Å². The number of hydrogen-bond donors (Lipinski definition) is 2. The third-order valence-electron chi connectivity index (χ3n) is 3.54. The number of carbonyl (C=O) groups is 1. The van der Waals surface area contributed by atoms with E-state index in [2.05, 4.69) is 15.3 Å². The van der Waals surface area contributed by atoms with E-state index in [4.69, 9.17) is 0 Å². The predicted octanol–water partition coefficient (Wildman–Crippen LogP) is 3.18. The highest BCUT2D eigenvalue weighted by molar-refractivity contribution is 7.99. The van der Waals surface area contributed by atoms with Gasteiger partial charge in [-0.2, -0.15) is 5.26 Å². The lowest BCUT2D eigenvalue weighted by Crippen LogP contribution is -2.18. The van der Waals surface area contributed by atoms with Crippen LogP contribution in [0.25, 0.3) is 11.3 Å². The van der Waals surface area contributed by atoms with Crippen molar-refractivity contribution >= 4 is 23.4 Å². The number of carbonyl (C=O) groups excluding carboxylic acids is 1. The molecule has 0 aliphatic carbocycles. The number of para-hydroxylation sites is 1. The molecular weight excluding hydrogens is 367 g/mol. The molecule has 2 aromatic carbocycles. The molecule has 0 bridgehead atoms. The van der Waals surface area contributed by atoms with Crippen LogP contribution in [0.15, 0.2) is 64.5 Å². The maximum Gasteiger partial charge on any atom is 0.270 e. The van der Waals surface area contributed by atoms with Gasteiger partial charge in [-0.25, -0.2) is 9.37 Å². The summed E-state index contributed by atoms with van der Waals surface area (Å²) >= 11 is 0.985. The smallest absolute Gasteiger partial charge is 0.270 e. The Balaban J connectivity index is 1.79. The number of aromatic amines is 1. The van der Waals surface area contributed by atoms with Crippen LogP contribution in [0, 0.1) is 17.1 Å². The Morgan fingerprint density at radius 3 is 2.59 bits per heavy atom. The van der Waals surface area contributed by atoms with E-state index in [1.54, 1.807) is 30.3 Å². The number of hydrogen-bond acceptors (Lipinski definition) is 5. The largest absolute Gasteiger partial charge is 0.323 e. The highest BCUT2D eigenvalue weighted by Gasteiger charge is 2.14. The topological polar surface area (TPSA) is 98.6 Å². The SMILES string of the molecule is N#Cc1c(-c2ccccc2)nc(SCC(=O)Nc2ccccc2F)[nH]c1=O. The van der Waals surface area contributed by atoms with Gasteiger partial charge in [0.05, 0.1) is 17.1 Å². The number of aromatic nitrogens is 2. The molecule has 0 saturated heterocycles. The highest BCUT2D eigenvalue weighted by atomic mass is 32.2. The van der Waals surface area contributed by atoms with Gasteiger partial charge in [-0.1, -0.05) is 54.2 Å². The fourth-order valence-electron chi connectivity index (χ4n) is 2.31. The van der Waals surface area contributed by atoms with Gasteiger partial charge in [0.25, 0.3) is 5.56 Å². The molecule has 0 spiro atoms. The van der Waals surface area contributed by atoms with Crippen molar-refractivity contribution in [3.05, 3.63) is 76.3 Å². The number of amides is 1. The summed E-state index contributed by atoms with van der Waals surface area (Å²) in [5, 5.41) is 11.9. The second-order valence-electron chi connectivity index (χ2n) is 5.39. The average Bonchev–Trinajstić information content (AvgIpc) is 2.68. The molecule has 1 aromatic heterocycles. The van der Waals surface area contributed by atoms with Gasteiger partial charge < -0.3 is 10.3 Å². The lowest BCUT2D eigenvalue weighted by atomic mass is 10.1. The zero-order chi connectivity index (χ0) is 19.2. The van der Waals surface area contributed by atoms with E-state index in [-0.39, 0.29) is 27.9 Å². The molecule has 1 heterocycles. The molecule has 0 saturated carbocycles. The highest BCUT2D eigenvalue weighted by Crippen LogP contribution is 2.22. The minimum absolute atomic E-state index is 0.0781. The molecule has 3 rings (SSSR count). The zero-order valence-electron chi connectivity index (χ0n) is 13.9. The van der Waals surface area contributed by atoms with Crippen LogP contribution in [0.2, 0.25) is 0 Å². The molecule has 0 radical (unpaired) electrons. The second kappa shape index (κ2) is 8.29. The number of halogens is 1. The molecule has 8 heteroatoms. The van der Waals surface area contributed by atoms with E-state index in [1.807, 2.05) is 12.1 Å². The third kappa shape index (κ3) is 4.40. The van der Waals surface area contributed by atoms with Crippen LogP contribution in [0.1, 0.15) is 5.56 Å². The summed E-state index contributed by atoms with van der Waals surface area (Å²) in [7, 11) is 0. The Morgan fingerprint density at radius 1 is 1.19 bits per heavy atom. The van der Waals surface area contributed by atoms with Crippen molar-refractivity contribution in [3.63, 3.8) is 0 Å². The number of nitrogens with one attached hydrogen (secondary N) is 2. The van der Waals surface area contributed by atoms with E-state index < -0.39 is 17.3 Å². The molecule has 0 aliphatic heterocycles. The van der Waals surface area contributed by atoms with Gasteiger partial charge in [-0.15, -0.1) is 0 Å². The van der Waals surface area contributed by atoms with Crippen molar-refractivity contribution in [3.8, 4) is 17.3 Å². The number of benzene rings is 2. The Bertz CT molecular complexity index is 1080. The molecule has 6 nitrogen and oxygen atoms in total. The fourth-order valence-corrected chi connectivity index (χ4v) is 2.97. The van der Waals surface area contributed by atoms with Gasteiger partial charge in [-0.3, -0.25) is 9.59 Å². The minimum Gasteiger partial charge on any atom is -0.323 e. The first kappa shape index (κ1) is 18.4. The maximum absolute atomic E-state index is 13.6. The van der Waals surface area contributed by atoms with Crippen molar-refractivity contribution in [2.75, 3.05) is 11.1 Å². The van der Waals surface area contributed by atoms with E-state index >= 15 is 0 Å². The minimum atomic E-state index is -0.580. The summed E-state index contributed by atoms with van der Waals surface area (Å²) in [5.74, 6) is -1.07. The molecule has 0 aliphatic rings. The Morgan fingerprint density at radius 2 is 1.89 bits per heavy atom. The Hall–Kier alpha value is -3.44. The Kier molecular flexibility index (Phi) is 5.64. The van der Waals surface area contributed by atoms with E-state index in [1.165, 1.54) is 18.2 Å². The molecule has 0 atom stereocenters. The quantitative estimate of drug-likeness (QED) is 0.523. The summed E-state index contributed by atoms with van der Waals surface area (Å²) in [4.78, 5) is 31.0. The number of H-pyrrole nitrogens is 1. The number of rotatable bonds is 5. The van der Waals surface area contributed by atoms with Crippen LogP contribution in [-0.4, -0.2) is 21.6 Å². The first-order valence-electron chi connectivity index (χ1n) is 7.85. The van der Waals surface area contributed by atoms with Gasteiger partial charge >= 0.3 is 0 Å². The average molecular weight is 380 g/mol. The van der Waals surface area contributed by atoms with Crippen molar-refractivity contribution in [2.24, 2.45) is 0 Å². The van der Waals surface area contributed by atoms with Crippen LogP contribution in [-0.2, 0) is 4.79 Å². The zero-order valence-corrected chi connectivity index (χ0v) is 14.7. The van der Waals surface area contributed by atoms with E-state index in [0.29, 0.717) is 5.56 Å². The molecule has 2 N–H and O–H groups in total. The van der Waals surface area contributed by atoms with Gasteiger partial charge in [-0.05, 0) is 12.1 Å². The summed E-state index contributed by atoms with van der Waals surface area (Å²) in [6.07, 6.45) is 0. The van der Waals surface area contributed by atoms with Crippen LogP contribution < -0.4 is 10.9 Å². The molecular formula is C19H13FN4O2S. The molecule has 0 fully saturated rings. The van der Waals surface area contributed by atoms with Crippen LogP contribution in [0.4, 0.5) is 10.1 Å². The number of nitrogens with zero attached hydrogens (tertiary/aromatic N) is 2. The lowest BCUT2D eigenvalue weighted by molar-refractivity contribution is -0.113. The van der Waals surface area contributed by atoms with Crippen molar-refractivity contribution in [1.82, 2.24) is 9.97 Å². The van der Waals surface area contributed by atoms with E-state index in [9.17, 15) is 19.2 Å². The summed E-state index contributed by atoms with van der Waals surface area (Å²) in [6.45, 7) is 0. The lowest BCUT2D eigenvalue weighted by Gasteiger charge is -2.07. The summed E-state index contributed by atoms with van der Waals surface area (Å²) < 4.78 is 13.6. The normalized spacial score (nSPS) is 10.2. The van der Waals surface area contributed by atoms with Gasteiger partial charge in [0.2, 0.25) is 5.91 Å².